The smallest absolute Gasteiger partial charge is 0.386 e. The number of rotatable bonds is 2. The molecule has 0 unspecified atom stereocenters. The van der Waals surface area contributed by atoms with Crippen molar-refractivity contribution in [3.63, 3.8) is 0 Å². The number of nitrogens with zero attached hydrogens (tertiary/aromatic N) is 4. The fourth-order valence-corrected chi connectivity index (χ4v) is 4.20. The molecule has 0 bridgehead atoms. The minimum absolute atomic E-state index is 0. The van der Waals surface area contributed by atoms with Crippen LogP contribution in [0.15, 0.2) is 140 Å². The summed E-state index contributed by atoms with van der Waals surface area (Å²) in [5, 5.41) is 2.69. The molecule has 13 heteroatoms. The third kappa shape index (κ3) is 13.5. The van der Waals surface area contributed by atoms with Crippen molar-refractivity contribution in [2.45, 2.75) is 0 Å². The largest absolute Gasteiger partial charge is 3.00 e. The Morgan fingerprint density at radius 3 is 1.43 bits per heavy atom. The Hall–Kier alpha value is -4.27. The molecule has 242 valence electrons. The van der Waals surface area contributed by atoms with Gasteiger partial charge in [0.2, 0.25) is 0 Å². The zero-order chi connectivity index (χ0) is 33.1. The molecule has 0 fully saturated rings. The first kappa shape index (κ1) is 37.2. The maximum absolute atomic E-state index is 10.7. The number of hydrogen-bond acceptors (Lipinski definition) is 4. The maximum atomic E-state index is 9.87. The summed E-state index contributed by atoms with van der Waals surface area (Å²) in [5.74, 6) is 0. The quantitative estimate of drug-likeness (QED) is 0.0752. The molecule has 47 heavy (non-hydrogen) atoms. The van der Waals surface area contributed by atoms with Crippen molar-refractivity contribution in [2.75, 3.05) is 0 Å². The molecule has 0 aliphatic carbocycles. The molecule has 0 saturated heterocycles. The molecule has 0 atom stereocenters. The molecule has 0 amide bonds. The van der Waals surface area contributed by atoms with E-state index in [1.807, 2.05) is 115 Å². The molecule has 7 aromatic rings. The van der Waals surface area contributed by atoms with E-state index in [1.54, 1.807) is 24.5 Å². The Morgan fingerprint density at radius 2 is 0.979 bits per heavy atom. The van der Waals surface area contributed by atoms with E-state index in [-0.39, 0.29) is 20.1 Å². The maximum Gasteiger partial charge on any atom is 3.00 e. The Bertz CT molecular complexity index is 1830. The summed E-state index contributed by atoms with van der Waals surface area (Å²) in [4.78, 5) is 16.9. The average Bonchev–Trinajstić information content (AvgIpc) is 3.06. The van der Waals surface area contributed by atoms with Gasteiger partial charge < -0.3 is 9.97 Å². The molecule has 0 N–H and O–H groups in total. The van der Waals surface area contributed by atoms with Gasteiger partial charge in [0.1, 0.15) is 0 Å². The van der Waals surface area contributed by atoms with Crippen LogP contribution in [0.5, 0.6) is 0 Å². The van der Waals surface area contributed by atoms with Gasteiger partial charge in [-0.2, -0.15) is 24.3 Å². The van der Waals surface area contributed by atoms with Crippen LogP contribution in [0.4, 0.5) is 25.2 Å². The summed E-state index contributed by atoms with van der Waals surface area (Å²) in [6.45, 7) is 0. The van der Waals surface area contributed by atoms with Crippen molar-refractivity contribution >= 4 is 41.2 Å². The molecular formula is C34H23ClF6IrN4P. The van der Waals surface area contributed by atoms with E-state index in [4.69, 9.17) is 11.6 Å². The van der Waals surface area contributed by atoms with Crippen LogP contribution >= 0.6 is 19.4 Å². The van der Waals surface area contributed by atoms with Crippen molar-refractivity contribution < 1.29 is 45.3 Å². The summed E-state index contributed by atoms with van der Waals surface area (Å²) in [7, 11) is -10.7. The number of halogens is 7. The molecule has 0 aliphatic rings. The van der Waals surface area contributed by atoms with Crippen molar-refractivity contribution in [3.05, 3.63) is 157 Å². The Kier molecular flexibility index (Phi) is 12.3. The predicted molar refractivity (Wildman–Crippen MR) is 173 cm³/mol. The Morgan fingerprint density at radius 1 is 0.532 bits per heavy atom. The van der Waals surface area contributed by atoms with Crippen LogP contribution in [0.3, 0.4) is 0 Å². The van der Waals surface area contributed by atoms with Gasteiger partial charge >= 0.3 is 53.1 Å². The van der Waals surface area contributed by atoms with Crippen LogP contribution in [0.1, 0.15) is 0 Å². The standard InChI is InChI=1S/C12H7ClN2.2C11H8N.F6P.Ir/c13-10-7-8-3-1-5-14-11(8)12-9(10)4-2-6-15-12;2*1-2-6-10(7-3-1)11-8-4-5-9-12-11;1-7(2,3,4,5)6;/h1-7H;2*1-8H;;/q;3*-1;+3. The molecular weight excluding hydrogens is 837 g/mol. The second-order valence-corrected chi connectivity index (χ2v) is 11.7. The summed E-state index contributed by atoms with van der Waals surface area (Å²) in [5.41, 5.74) is 5.97. The van der Waals surface area contributed by atoms with Gasteiger partial charge in [-0.1, -0.05) is 102 Å². The number of hydrogen-bond donors (Lipinski definition) is 0. The molecule has 0 radical (unpaired) electrons. The number of aromatic nitrogens is 4. The van der Waals surface area contributed by atoms with Crippen LogP contribution in [0.25, 0.3) is 44.3 Å². The van der Waals surface area contributed by atoms with Crippen molar-refractivity contribution in [1.82, 2.24) is 19.9 Å². The van der Waals surface area contributed by atoms with Crippen LogP contribution < -0.4 is 0 Å². The van der Waals surface area contributed by atoms with E-state index in [0.29, 0.717) is 0 Å². The second-order valence-electron chi connectivity index (χ2n) is 9.33. The fraction of sp³-hybridized carbons (Fsp3) is 0. The molecule has 4 heterocycles. The Balaban J connectivity index is 0.000000174. The van der Waals surface area contributed by atoms with Gasteiger partial charge in [-0.05, 0) is 35.7 Å². The summed E-state index contributed by atoms with van der Waals surface area (Å²) >= 11 is 6.17. The first-order valence-corrected chi connectivity index (χ1v) is 15.8. The van der Waals surface area contributed by atoms with Gasteiger partial charge in [0.15, 0.2) is 0 Å². The topological polar surface area (TPSA) is 51.6 Å². The third-order valence-corrected chi connectivity index (χ3v) is 6.08. The van der Waals surface area contributed by atoms with Gasteiger partial charge in [0.25, 0.3) is 0 Å². The molecule has 4 aromatic heterocycles. The van der Waals surface area contributed by atoms with Crippen LogP contribution in [0, 0.1) is 12.4 Å². The SMILES string of the molecule is Clc1cc2cccnc2c2ncccc12.F[P-](F)(F)(F)(F)F.[Ir+3].[c-]1cccc(-c2ccccc2)n1.[c-]1cccc(-c2ccccc2)n1. The van der Waals surface area contributed by atoms with Gasteiger partial charge in [-0.25, -0.2) is 0 Å². The van der Waals surface area contributed by atoms with E-state index in [9.17, 15) is 25.2 Å². The zero-order valence-corrected chi connectivity index (χ0v) is 28.0. The zero-order valence-electron chi connectivity index (χ0n) is 24.0. The van der Waals surface area contributed by atoms with E-state index in [0.717, 1.165) is 49.3 Å². The summed E-state index contributed by atoms with van der Waals surface area (Å²) in [6.07, 6.45) is 9.14. The van der Waals surface area contributed by atoms with E-state index in [2.05, 4.69) is 32.3 Å². The third-order valence-electron chi connectivity index (χ3n) is 5.77. The average molecular weight is 860 g/mol. The van der Waals surface area contributed by atoms with Gasteiger partial charge in [0, 0.05) is 23.2 Å². The monoisotopic (exact) mass is 860 g/mol. The van der Waals surface area contributed by atoms with Crippen molar-refractivity contribution in [2.24, 2.45) is 0 Å². The van der Waals surface area contributed by atoms with Crippen LogP contribution in [0.2, 0.25) is 5.02 Å². The molecule has 4 nitrogen and oxygen atoms in total. The first-order chi connectivity index (χ1) is 21.7. The van der Waals surface area contributed by atoms with E-state index < -0.39 is 7.81 Å². The van der Waals surface area contributed by atoms with E-state index in [1.165, 1.54) is 0 Å². The minimum Gasteiger partial charge on any atom is -0.386 e. The fourth-order valence-electron chi connectivity index (χ4n) is 3.93. The summed E-state index contributed by atoms with van der Waals surface area (Å²) in [6, 6.07) is 41.2. The van der Waals surface area contributed by atoms with Crippen molar-refractivity contribution in [3.8, 4) is 22.5 Å². The number of fused-ring (bicyclic) bond motifs is 3. The molecule has 0 saturated carbocycles. The first-order valence-electron chi connectivity index (χ1n) is 13.4. The van der Waals surface area contributed by atoms with Crippen molar-refractivity contribution in [1.29, 1.82) is 0 Å². The van der Waals surface area contributed by atoms with Gasteiger partial charge in [-0.3, -0.25) is 9.97 Å². The Labute approximate surface area is 285 Å². The molecule has 7 rings (SSSR count). The number of pyridine rings is 4. The summed E-state index contributed by atoms with van der Waals surface area (Å²) < 4.78 is 59.2. The number of benzene rings is 3. The van der Waals surface area contributed by atoms with Gasteiger partial charge in [0.05, 0.1) is 16.1 Å². The van der Waals surface area contributed by atoms with E-state index >= 15 is 0 Å². The molecule has 0 aliphatic heterocycles. The minimum atomic E-state index is -10.7. The normalized spacial score (nSPS) is 11.9. The van der Waals surface area contributed by atoms with Gasteiger partial charge in [-0.15, -0.1) is 12.1 Å². The molecule has 0 spiro atoms. The van der Waals surface area contributed by atoms with Crippen LogP contribution in [-0.2, 0) is 20.1 Å². The van der Waals surface area contributed by atoms with Crippen LogP contribution in [-0.4, -0.2) is 19.9 Å². The second kappa shape index (κ2) is 15.5. The molecule has 3 aromatic carbocycles. The predicted octanol–water partition coefficient (Wildman–Crippen LogP) is 11.9.